The van der Waals surface area contributed by atoms with E-state index in [9.17, 15) is 0 Å². The quantitative estimate of drug-likeness (QED) is 0.675. The van der Waals surface area contributed by atoms with E-state index in [4.69, 9.17) is 4.74 Å². The van der Waals surface area contributed by atoms with Gasteiger partial charge in [0.15, 0.2) is 0 Å². The molecule has 1 aliphatic heterocycles. The lowest BCUT2D eigenvalue weighted by molar-refractivity contribution is 0.136. The van der Waals surface area contributed by atoms with Gasteiger partial charge in [0, 0.05) is 39.0 Å². The molecule has 84 valence electrons. The monoisotopic (exact) mass is 208 g/mol. The van der Waals surface area contributed by atoms with Crippen LogP contribution in [0, 0.1) is 0 Å². The van der Waals surface area contributed by atoms with Gasteiger partial charge in [-0.2, -0.15) is 0 Å². The van der Waals surface area contributed by atoms with Crippen LogP contribution in [-0.4, -0.2) is 56.2 Å². The lowest BCUT2D eigenvalue weighted by atomic mass is 10.1. The lowest BCUT2D eigenvalue weighted by Crippen LogP contribution is -2.44. The number of piperazine rings is 1. The van der Waals surface area contributed by atoms with Crippen molar-refractivity contribution in [2.24, 2.45) is 0 Å². The van der Waals surface area contributed by atoms with Gasteiger partial charge < -0.3 is 14.5 Å². The van der Waals surface area contributed by atoms with Gasteiger partial charge in [0.25, 0.3) is 0 Å². The zero-order valence-electron chi connectivity index (χ0n) is 9.65. The Bertz CT molecular complexity index is 265. The summed E-state index contributed by atoms with van der Waals surface area (Å²) in [5, 5.41) is 0. The normalized spacial score (nSPS) is 28.0. The molecule has 0 bridgehead atoms. The van der Waals surface area contributed by atoms with Gasteiger partial charge in [0.2, 0.25) is 0 Å². The molecular formula is C12H20N2O. The van der Waals surface area contributed by atoms with Gasteiger partial charge in [-0.25, -0.2) is 0 Å². The van der Waals surface area contributed by atoms with Crippen molar-refractivity contribution in [1.82, 2.24) is 9.80 Å². The summed E-state index contributed by atoms with van der Waals surface area (Å²) in [7, 11) is 3.96. The van der Waals surface area contributed by atoms with Crippen LogP contribution in [0.15, 0.2) is 23.9 Å². The highest BCUT2D eigenvalue weighted by atomic mass is 16.5. The van der Waals surface area contributed by atoms with E-state index >= 15 is 0 Å². The molecule has 0 spiro atoms. The smallest absolute Gasteiger partial charge is 0.0809 e. The van der Waals surface area contributed by atoms with Crippen molar-refractivity contribution in [3.8, 4) is 0 Å². The second-order valence-corrected chi connectivity index (χ2v) is 4.29. The Hall–Kier alpha value is -0.800. The first-order chi connectivity index (χ1) is 7.29. The van der Waals surface area contributed by atoms with Crippen molar-refractivity contribution in [3.05, 3.63) is 23.9 Å². The van der Waals surface area contributed by atoms with Crippen molar-refractivity contribution in [1.29, 1.82) is 0 Å². The summed E-state index contributed by atoms with van der Waals surface area (Å²) < 4.78 is 5.37. The molecule has 2 rings (SSSR count). The van der Waals surface area contributed by atoms with E-state index in [0.717, 1.165) is 32.6 Å². The highest BCUT2D eigenvalue weighted by molar-refractivity contribution is 5.24. The van der Waals surface area contributed by atoms with Crippen LogP contribution >= 0.6 is 0 Å². The molecule has 0 N–H and O–H groups in total. The summed E-state index contributed by atoms with van der Waals surface area (Å²) in [4.78, 5) is 4.82. The average molecular weight is 208 g/mol. The maximum Gasteiger partial charge on any atom is 0.0809 e. The maximum atomic E-state index is 5.37. The van der Waals surface area contributed by atoms with E-state index in [1.807, 2.05) is 0 Å². The summed E-state index contributed by atoms with van der Waals surface area (Å²) in [6, 6.07) is 0. The molecule has 0 aromatic rings. The molecule has 0 aromatic carbocycles. The number of hydrogen-bond donors (Lipinski definition) is 0. The van der Waals surface area contributed by atoms with Gasteiger partial charge in [-0.05, 0) is 25.6 Å². The minimum absolute atomic E-state index is 0.268. The van der Waals surface area contributed by atoms with Crippen LogP contribution in [0.2, 0.25) is 0 Å². The first kappa shape index (κ1) is 10.7. The SMILES string of the molecule is COC1C=C(N2CCN(C)CC2)C=CC1. The van der Waals surface area contributed by atoms with Crippen LogP contribution < -0.4 is 0 Å². The maximum absolute atomic E-state index is 5.37. The zero-order chi connectivity index (χ0) is 10.7. The van der Waals surface area contributed by atoms with Gasteiger partial charge in [-0.1, -0.05) is 6.08 Å². The standard InChI is InChI=1S/C12H20N2O/c1-13-6-8-14(9-7-13)11-4-3-5-12(10-11)15-2/h3-4,10,12H,5-9H2,1-2H3. The van der Waals surface area contributed by atoms with Crippen molar-refractivity contribution in [2.75, 3.05) is 40.3 Å². The molecule has 1 aliphatic carbocycles. The lowest BCUT2D eigenvalue weighted by Gasteiger charge is -2.35. The third-order valence-corrected chi connectivity index (χ3v) is 3.18. The molecule has 2 aliphatic rings. The Labute approximate surface area is 92.0 Å². The number of likely N-dealkylation sites (N-methyl/N-ethyl adjacent to an activating group) is 1. The molecule has 0 saturated carbocycles. The Morgan fingerprint density at radius 3 is 2.67 bits per heavy atom. The van der Waals surface area contributed by atoms with Crippen LogP contribution in [0.1, 0.15) is 6.42 Å². The molecule has 3 heteroatoms. The van der Waals surface area contributed by atoms with Crippen LogP contribution in [0.5, 0.6) is 0 Å². The fraction of sp³-hybridized carbons (Fsp3) is 0.667. The number of methoxy groups -OCH3 is 1. The average Bonchev–Trinajstić information content (AvgIpc) is 2.30. The molecular weight excluding hydrogens is 188 g/mol. The van der Waals surface area contributed by atoms with E-state index in [2.05, 4.69) is 35.1 Å². The largest absolute Gasteiger partial charge is 0.377 e. The first-order valence-electron chi connectivity index (χ1n) is 5.64. The number of nitrogens with zero attached hydrogens (tertiary/aromatic N) is 2. The van der Waals surface area contributed by atoms with Crippen molar-refractivity contribution in [3.63, 3.8) is 0 Å². The fourth-order valence-corrected chi connectivity index (χ4v) is 2.08. The number of hydrogen-bond acceptors (Lipinski definition) is 3. The van der Waals surface area contributed by atoms with Gasteiger partial charge in [0.1, 0.15) is 0 Å². The summed E-state index contributed by atoms with van der Waals surface area (Å²) in [5.74, 6) is 0. The second kappa shape index (κ2) is 4.81. The topological polar surface area (TPSA) is 15.7 Å². The molecule has 0 aromatic heterocycles. The van der Waals surface area contributed by atoms with Crippen molar-refractivity contribution < 1.29 is 4.74 Å². The predicted octanol–water partition coefficient (Wildman–Crippen LogP) is 1.09. The molecule has 1 unspecified atom stereocenters. The first-order valence-corrected chi connectivity index (χ1v) is 5.64. The number of ether oxygens (including phenoxy) is 1. The van der Waals surface area contributed by atoms with Crippen LogP contribution in [0.3, 0.4) is 0 Å². The fourth-order valence-electron chi connectivity index (χ4n) is 2.08. The van der Waals surface area contributed by atoms with Crippen LogP contribution in [-0.2, 0) is 4.74 Å². The Kier molecular flexibility index (Phi) is 3.44. The predicted molar refractivity (Wildman–Crippen MR) is 61.7 cm³/mol. The molecule has 0 amide bonds. The zero-order valence-corrected chi connectivity index (χ0v) is 9.65. The van der Waals surface area contributed by atoms with Gasteiger partial charge >= 0.3 is 0 Å². The van der Waals surface area contributed by atoms with Gasteiger partial charge in [0.05, 0.1) is 6.10 Å². The Morgan fingerprint density at radius 1 is 1.27 bits per heavy atom. The van der Waals surface area contributed by atoms with E-state index in [-0.39, 0.29) is 6.10 Å². The third kappa shape index (κ3) is 2.61. The van der Waals surface area contributed by atoms with E-state index in [1.54, 1.807) is 7.11 Å². The molecule has 15 heavy (non-hydrogen) atoms. The Morgan fingerprint density at radius 2 is 2.00 bits per heavy atom. The van der Waals surface area contributed by atoms with Crippen molar-refractivity contribution >= 4 is 0 Å². The molecule has 1 heterocycles. The van der Waals surface area contributed by atoms with E-state index in [0.29, 0.717) is 0 Å². The summed E-state index contributed by atoms with van der Waals surface area (Å²) >= 11 is 0. The van der Waals surface area contributed by atoms with Gasteiger partial charge in [-0.3, -0.25) is 0 Å². The molecule has 0 radical (unpaired) electrons. The van der Waals surface area contributed by atoms with Gasteiger partial charge in [-0.15, -0.1) is 0 Å². The molecule has 1 atom stereocenters. The molecule has 1 saturated heterocycles. The second-order valence-electron chi connectivity index (χ2n) is 4.29. The molecule has 3 nitrogen and oxygen atoms in total. The van der Waals surface area contributed by atoms with E-state index in [1.165, 1.54) is 5.70 Å². The number of allylic oxidation sites excluding steroid dienone is 1. The van der Waals surface area contributed by atoms with Crippen LogP contribution in [0.4, 0.5) is 0 Å². The Balaban J connectivity index is 1.98. The summed E-state index contributed by atoms with van der Waals surface area (Å²) in [5.41, 5.74) is 1.33. The van der Waals surface area contributed by atoms with Crippen LogP contribution in [0.25, 0.3) is 0 Å². The highest BCUT2D eigenvalue weighted by Gasteiger charge is 2.17. The van der Waals surface area contributed by atoms with Crippen molar-refractivity contribution in [2.45, 2.75) is 12.5 Å². The molecule has 1 fully saturated rings. The number of rotatable bonds is 2. The highest BCUT2D eigenvalue weighted by Crippen LogP contribution is 2.17. The summed E-state index contributed by atoms with van der Waals surface area (Å²) in [6.07, 6.45) is 7.95. The summed E-state index contributed by atoms with van der Waals surface area (Å²) in [6.45, 7) is 4.57. The minimum atomic E-state index is 0.268. The third-order valence-electron chi connectivity index (χ3n) is 3.18. The van der Waals surface area contributed by atoms with E-state index < -0.39 is 0 Å². The minimum Gasteiger partial charge on any atom is -0.377 e.